The van der Waals surface area contributed by atoms with Crippen LogP contribution < -0.4 is 18.9 Å². The van der Waals surface area contributed by atoms with Crippen LogP contribution in [0.2, 0.25) is 0 Å². The lowest BCUT2D eigenvalue weighted by Gasteiger charge is -2.45. The molecule has 7 heteroatoms. The molecule has 2 heterocycles. The predicted octanol–water partition coefficient (Wildman–Crippen LogP) is 4.59. The average Bonchev–Trinajstić information content (AvgIpc) is 2.78. The fourth-order valence-corrected chi connectivity index (χ4v) is 4.42. The minimum absolute atomic E-state index is 0.0713. The van der Waals surface area contributed by atoms with E-state index in [4.69, 9.17) is 18.9 Å². The van der Waals surface area contributed by atoms with Crippen LogP contribution in [0.1, 0.15) is 35.3 Å². The first-order valence-electron chi connectivity index (χ1n) is 10.0. The number of rotatable bonds is 5. The first kappa shape index (κ1) is 21.6. The molecular weight excluding hydrogens is 464 g/mol. The molecule has 31 heavy (non-hydrogen) atoms. The molecule has 0 spiro atoms. The fraction of sp³-hybridized carbons (Fsp3) is 0.375. The molecule has 2 aliphatic rings. The summed E-state index contributed by atoms with van der Waals surface area (Å²) in [6.07, 6.45) is 1.93. The zero-order valence-electron chi connectivity index (χ0n) is 18.0. The number of phenols is 1. The van der Waals surface area contributed by atoms with Crippen LogP contribution in [0.25, 0.3) is 0 Å². The first-order valence-corrected chi connectivity index (χ1v) is 11.1. The van der Waals surface area contributed by atoms with Gasteiger partial charge in [0.15, 0.2) is 17.3 Å². The highest BCUT2D eigenvalue weighted by molar-refractivity contribution is 9.09. The molecule has 6 nitrogen and oxygen atoms in total. The number of phenolic OH excluding ortho intramolecular Hbond substituents is 1. The summed E-state index contributed by atoms with van der Waals surface area (Å²) in [5, 5.41) is 11.2. The normalized spacial score (nSPS) is 21.9. The number of methoxy groups -OCH3 is 2. The van der Waals surface area contributed by atoms with Gasteiger partial charge in [0.05, 0.1) is 25.2 Å². The van der Waals surface area contributed by atoms with Gasteiger partial charge < -0.3 is 24.1 Å². The van der Waals surface area contributed by atoms with E-state index in [1.54, 1.807) is 38.5 Å². The molecule has 2 aromatic rings. The molecule has 1 N–H and O–H groups in total. The van der Waals surface area contributed by atoms with Crippen molar-refractivity contribution in [2.45, 2.75) is 31.8 Å². The number of benzene rings is 2. The Labute approximate surface area is 189 Å². The molecule has 0 radical (unpaired) electrons. The number of hydrogen-bond donors (Lipinski definition) is 1. The van der Waals surface area contributed by atoms with Crippen LogP contribution in [0.4, 0.5) is 0 Å². The van der Waals surface area contributed by atoms with Gasteiger partial charge in [-0.05, 0) is 38.5 Å². The lowest BCUT2D eigenvalue weighted by Crippen LogP contribution is -2.55. The van der Waals surface area contributed by atoms with Crippen LogP contribution in [0, 0.1) is 0 Å². The summed E-state index contributed by atoms with van der Waals surface area (Å²) in [6, 6.07) is 6.73. The van der Waals surface area contributed by atoms with Gasteiger partial charge in [0.1, 0.15) is 30.0 Å². The van der Waals surface area contributed by atoms with Crippen molar-refractivity contribution in [2.75, 3.05) is 26.2 Å². The molecular formula is C24H25BrO6. The predicted molar refractivity (Wildman–Crippen MR) is 121 cm³/mol. The molecule has 0 saturated heterocycles. The number of carbonyl (C=O) groups is 1. The minimum atomic E-state index is -0.962. The van der Waals surface area contributed by atoms with E-state index in [0.29, 0.717) is 46.1 Å². The molecule has 2 atom stereocenters. The number of aromatic hydroxyl groups is 1. The fourth-order valence-electron chi connectivity index (χ4n) is 4.19. The summed E-state index contributed by atoms with van der Waals surface area (Å²) < 4.78 is 23.1. The number of halogens is 1. The smallest absolute Gasteiger partial charge is 0.180 e. The third-order valence-corrected chi connectivity index (χ3v) is 7.04. The first-order chi connectivity index (χ1) is 14.8. The summed E-state index contributed by atoms with van der Waals surface area (Å²) in [7, 11) is 3.11. The van der Waals surface area contributed by atoms with Crippen LogP contribution in [0.15, 0.2) is 35.9 Å². The van der Waals surface area contributed by atoms with E-state index >= 15 is 0 Å². The van der Waals surface area contributed by atoms with E-state index in [-0.39, 0.29) is 18.1 Å². The average molecular weight is 489 g/mol. The minimum Gasteiger partial charge on any atom is -0.508 e. The van der Waals surface area contributed by atoms with Crippen molar-refractivity contribution in [1.29, 1.82) is 0 Å². The maximum Gasteiger partial charge on any atom is 0.180 e. The van der Waals surface area contributed by atoms with Crippen LogP contribution >= 0.6 is 15.9 Å². The van der Waals surface area contributed by atoms with Gasteiger partial charge in [-0.15, -0.1) is 0 Å². The van der Waals surface area contributed by atoms with E-state index in [9.17, 15) is 9.90 Å². The summed E-state index contributed by atoms with van der Waals surface area (Å²) in [5.74, 6) is 2.10. The number of carbonyl (C=O) groups excluding carboxylic acids is 1. The van der Waals surface area contributed by atoms with Crippen molar-refractivity contribution in [3.63, 3.8) is 0 Å². The van der Waals surface area contributed by atoms with Gasteiger partial charge >= 0.3 is 0 Å². The van der Waals surface area contributed by atoms with E-state index in [1.165, 1.54) is 0 Å². The summed E-state index contributed by atoms with van der Waals surface area (Å²) >= 11 is 3.43. The number of ketones is 1. The zero-order valence-corrected chi connectivity index (χ0v) is 19.5. The Bertz CT molecular complexity index is 1080. The van der Waals surface area contributed by atoms with E-state index < -0.39 is 11.5 Å². The van der Waals surface area contributed by atoms with Gasteiger partial charge in [-0.25, -0.2) is 0 Å². The van der Waals surface area contributed by atoms with Gasteiger partial charge in [0.2, 0.25) is 0 Å². The third-order valence-electron chi connectivity index (χ3n) is 6.16. The third kappa shape index (κ3) is 3.35. The van der Waals surface area contributed by atoms with E-state index in [1.807, 2.05) is 19.9 Å². The van der Waals surface area contributed by atoms with Crippen LogP contribution in [0.5, 0.6) is 28.7 Å². The molecule has 2 aromatic carbocycles. The van der Waals surface area contributed by atoms with Gasteiger partial charge in [0, 0.05) is 22.5 Å². The number of ether oxygens (including phenoxy) is 4. The van der Waals surface area contributed by atoms with Gasteiger partial charge in [-0.3, -0.25) is 4.79 Å². The van der Waals surface area contributed by atoms with E-state index in [2.05, 4.69) is 15.9 Å². The maximum atomic E-state index is 13.8. The van der Waals surface area contributed by atoms with Crippen molar-refractivity contribution in [3.8, 4) is 28.7 Å². The molecule has 0 bridgehead atoms. The van der Waals surface area contributed by atoms with Crippen LogP contribution in [-0.2, 0) is 11.8 Å². The number of alkyl halides is 1. The second-order valence-electron chi connectivity index (χ2n) is 7.98. The summed E-state index contributed by atoms with van der Waals surface area (Å²) in [6.45, 7) is 4.07. The Hall–Kier alpha value is -2.67. The van der Waals surface area contributed by atoms with Crippen molar-refractivity contribution in [1.82, 2.24) is 0 Å². The second kappa shape index (κ2) is 8.11. The number of Topliss-reactive ketones (excluding diaryl/α,β-unsaturated/α-hetero) is 1. The lowest BCUT2D eigenvalue weighted by atomic mass is 9.68. The molecule has 0 saturated carbocycles. The van der Waals surface area contributed by atoms with Crippen LogP contribution in [0.3, 0.4) is 0 Å². The SMILES string of the molecule is COc1cc2c(cc1OC)C1(C)C(=O)c3ccc(O)c(C/C=C(\C)CBr)c3OC1CO2. The number of hydrogen-bond acceptors (Lipinski definition) is 6. The van der Waals surface area contributed by atoms with Crippen molar-refractivity contribution < 1.29 is 28.8 Å². The molecule has 164 valence electrons. The van der Waals surface area contributed by atoms with E-state index in [0.717, 1.165) is 10.9 Å². The largest absolute Gasteiger partial charge is 0.508 e. The molecule has 0 amide bonds. The highest BCUT2D eigenvalue weighted by Crippen LogP contribution is 2.51. The number of allylic oxidation sites excluding steroid dienone is 2. The lowest BCUT2D eigenvalue weighted by molar-refractivity contribution is 0.0266. The molecule has 0 fully saturated rings. The monoisotopic (exact) mass is 488 g/mol. The topological polar surface area (TPSA) is 74.2 Å². The molecule has 0 aromatic heterocycles. The Balaban J connectivity index is 1.84. The van der Waals surface area contributed by atoms with Crippen molar-refractivity contribution >= 4 is 21.7 Å². The molecule has 2 unspecified atom stereocenters. The highest BCUT2D eigenvalue weighted by Gasteiger charge is 2.54. The Kier molecular flexibility index (Phi) is 5.64. The Morgan fingerprint density at radius 3 is 2.68 bits per heavy atom. The second-order valence-corrected chi connectivity index (χ2v) is 8.54. The summed E-state index contributed by atoms with van der Waals surface area (Å²) in [4.78, 5) is 13.8. The van der Waals surface area contributed by atoms with Gasteiger partial charge in [-0.1, -0.05) is 27.6 Å². The Morgan fingerprint density at radius 1 is 1.29 bits per heavy atom. The Morgan fingerprint density at radius 2 is 2.00 bits per heavy atom. The molecule has 0 aliphatic carbocycles. The summed E-state index contributed by atoms with van der Waals surface area (Å²) in [5.41, 5.74) is 1.92. The molecule has 2 aliphatic heterocycles. The standard InChI is InChI=1S/C24H25BrO6/c1-13(11-25)5-6-14-17(26)8-7-15-22(14)31-21-12-30-18-10-20(29-4)19(28-3)9-16(18)24(21,2)23(15)27/h5,7-10,21,26H,6,11-12H2,1-4H3/b13-5+. The van der Waals surface area contributed by atoms with Gasteiger partial charge in [0.25, 0.3) is 0 Å². The highest BCUT2D eigenvalue weighted by atomic mass is 79.9. The van der Waals surface area contributed by atoms with Crippen molar-refractivity contribution in [2.24, 2.45) is 0 Å². The quantitative estimate of drug-likeness (QED) is 0.490. The van der Waals surface area contributed by atoms with Gasteiger partial charge in [-0.2, -0.15) is 0 Å². The molecule has 4 rings (SSSR count). The zero-order chi connectivity index (χ0) is 22.3. The van der Waals surface area contributed by atoms with Crippen LogP contribution in [-0.4, -0.2) is 43.2 Å². The number of fused-ring (bicyclic) bond motifs is 4. The van der Waals surface area contributed by atoms with Crippen molar-refractivity contribution in [3.05, 3.63) is 52.6 Å². The maximum absolute atomic E-state index is 13.8.